The molecule has 0 bridgehead atoms. The third-order valence-electron chi connectivity index (χ3n) is 4.02. The van der Waals surface area contributed by atoms with Gasteiger partial charge in [-0.1, -0.05) is 6.07 Å². The van der Waals surface area contributed by atoms with Gasteiger partial charge in [0.1, 0.15) is 0 Å². The third kappa shape index (κ3) is 2.23. The number of fused-ring (bicyclic) bond motifs is 2. The van der Waals surface area contributed by atoms with E-state index in [-0.39, 0.29) is 6.79 Å². The highest BCUT2D eigenvalue weighted by Crippen LogP contribution is 2.39. The zero-order valence-electron chi connectivity index (χ0n) is 13.3. The summed E-state index contributed by atoms with van der Waals surface area (Å²) in [5, 5.41) is 0.974. The maximum atomic E-state index is 6.17. The highest BCUT2D eigenvalue weighted by atomic mass is 16.7. The first-order chi connectivity index (χ1) is 11.7. The van der Waals surface area contributed by atoms with Crippen molar-refractivity contribution in [3.05, 3.63) is 36.4 Å². The van der Waals surface area contributed by atoms with Crippen molar-refractivity contribution in [1.29, 1.82) is 0 Å². The monoisotopic (exact) mass is 324 g/mol. The molecule has 2 N–H and O–H groups in total. The molecule has 0 aliphatic carbocycles. The zero-order valence-corrected chi connectivity index (χ0v) is 13.3. The summed E-state index contributed by atoms with van der Waals surface area (Å²) in [6.45, 7) is 0.237. The van der Waals surface area contributed by atoms with E-state index in [4.69, 9.17) is 29.7 Å². The van der Waals surface area contributed by atoms with Gasteiger partial charge >= 0.3 is 0 Å². The molecule has 2 heterocycles. The molecule has 1 aliphatic heterocycles. The lowest BCUT2D eigenvalue weighted by Gasteiger charge is -2.12. The summed E-state index contributed by atoms with van der Waals surface area (Å²) < 4.78 is 21.4. The molecule has 122 valence electrons. The Morgan fingerprint density at radius 2 is 1.67 bits per heavy atom. The lowest BCUT2D eigenvalue weighted by molar-refractivity contribution is 0.174. The van der Waals surface area contributed by atoms with Crippen LogP contribution >= 0.6 is 0 Å². The van der Waals surface area contributed by atoms with E-state index < -0.39 is 0 Å². The normalized spacial score (nSPS) is 12.4. The predicted octanol–water partition coefficient (Wildman–Crippen LogP) is 3.23. The van der Waals surface area contributed by atoms with Crippen LogP contribution < -0.4 is 24.7 Å². The van der Waals surface area contributed by atoms with E-state index in [9.17, 15) is 0 Å². The summed E-state index contributed by atoms with van der Waals surface area (Å²) in [6, 6.07) is 11.3. The zero-order chi connectivity index (χ0) is 16.7. The Hall–Kier alpha value is -3.15. The summed E-state index contributed by atoms with van der Waals surface area (Å²) in [7, 11) is 3.17. The van der Waals surface area contributed by atoms with Crippen molar-refractivity contribution >= 4 is 16.6 Å². The number of hydrogen-bond acceptors (Lipinski definition) is 6. The highest BCUT2D eigenvalue weighted by Gasteiger charge is 2.16. The Morgan fingerprint density at radius 3 is 2.42 bits per heavy atom. The van der Waals surface area contributed by atoms with Crippen molar-refractivity contribution in [1.82, 2.24) is 4.98 Å². The Balaban J connectivity index is 1.86. The number of rotatable bonds is 3. The number of pyridine rings is 1. The van der Waals surface area contributed by atoms with E-state index in [2.05, 4.69) is 0 Å². The molecule has 0 saturated carbocycles. The second kappa shape index (κ2) is 5.49. The van der Waals surface area contributed by atoms with Crippen LogP contribution in [0.4, 0.5) is 5.69 Å². The van der Waals surface area contributed by atoms with Gasteiger partial charge in [0.15, 0.2) is 23.0 Å². The average Bonchev–Trinajstić information content (AvgIpc) is 3.06. The number of methoxy groups -OCH3 is 2. The number of ether oxygens (including phenoxy) is 4. The van der Waals surface area contributed by atoms with Gasteiger partial charge in [-0.05, 0) is 18.2 Å². The summed E-state index contributed by atoms with van der Waals surface area (Å²) in [4.78, 5) is 4.70. The SMILES string of the molecule is COc1cc(N)c(-c2ccc3cc4c(cc3n2)OCO4)cc1OC. The van der Waals surface area contributed by atoms with Crippen LogP contribution in [-0.2, 0) is 0 Å². The molecule has 0 spiro atoms. The topological polar surface area (TPSA) is 75.8 Å². The Morgan fingerprint density at radius 1 is 0.958 bits per heavy atom. The largest absolute Gasteiger partial charge is 0.493 e. The molecule has 0 radical (unpaired) electrons. The Kier molecular flexibility index (Phi) is 3.30. The van der Waals surface area contributed by atoms with Crippen molar-refractivity contribution in [3.63, 3.8) is 0 Å². The Bertz CT molecular complexity index is 940. The van der Waals surface area contributed by atoms with E-state index in [1.54, 1.807) is 20.3 Å². The van der Waals surface area contributed by atoms with Crippen LogP contribution in [0.5, 0.6) is 23.0 Å². The maximum Gasteiger partial charge on any atom is 0.231 e. The van der Waals surface area contributed by atoms with Crippen LogP contribution in [0.2, 0.25) is 0 Å². The molecule has 4 rings (SSSR count). The van der Waals surface area contributed by atoms with Crippen molar-refractivity contribution in [2.45, 2.75) is 0 Å². The van der Waals surface area contributed by atoms with Gasteiger partial charge in [-0.2, -0.15) is 0 Å². The summed E-state index contributed by atoms with van der Waals surface area (Å²) in [5.41, 5.74) is 9.08. The molecule has 0 fully saturated rings. The minimum atomic E-state index is 0.237. The Labute approximate surface area is 138 Å². The standard InChI is InChI=1S/C18H16N2O4/c1-21-15-6-11(12(19)7-16(15)22-2)13-4-3-10-5-17-18(24-9-23-17)8-14(10)20-13/h3-8H,9,19H2,1-2H3. The molecule has 2 aromatic carbocycles. The maximum absolute atomic E-state index is 6.17. The fourth-order valence-corrected chi connectivity index (χ4v) is 2.78. The first-order valence-corrected chi connectivity index (χ1v) is 7.42. The van der Waals surface area contributed by atoms with Gasteiger partial charge in [-0.25, -0.2) is 4.98 Å². The van der Waals surface area contributed by atoms with Crippen LogP contribution in [-0.4, -0.2) is 26.0 Å². The van der Waals surface area contributed by atoms with Gasteiger partial charge in [0.05, 0.1) is 25.4 Å². The molecule has 0 atom stereocenters. The van der Waals surface area contributed by atoms with Crippen LogP contribution in [0.15, 0.2) is 36.4 Å². The molecule has 1 aliphatic rings. The van der Waals surface area contributed by atoms with Crippen molar-refractivity contribution < 1.29 is 18.9 Å². The number of nitrogens with zero attached hydrogens (tertiary/aromatic N) is 1. The van der Waals surface area contributed by atoms with Gasteiger partial charge in [0.25, 0.3) is 0 Å². The molecule has 6 nitrogen and oxygen atoms in total. The molecule has 1 aromatic heterocycles. The molecule has 0 saturated heterocycles. The second-order valence-electron chi connectivity index (χ2n) is 5.39. The molecular formula is C18H16N2O4. The summed E-state index contributed by atoms with van der Waals surface area (Å²) >= 11 is 0. The minimum absolute atomic E-state index is 0.237. The fraction of sp³-hybridized carbons (Fsp3) is 0.167. The second-order valence-corrected chi connectivity index (χ2v) is 5.39. The van der Waals surface area contributed by atoms with Gasteiger partial charge < -0.3 is 24.7 Å². The predicted molar refractivity (Wildman–Crippen MR) is 90.8 cm³/mol. The highest BCUT2D eigenvalue weighted by molar-refractivity contribution is 5.87. The third-order valence-corrected chi connectivity index (χ3v) is 4.02. The van der Waals surface area contributed by atoms with Crippen LogP contribution in [0, 0.1) is 0 Å². The van der Waals surface area contributed by atoms with Crippen molar-refractivity contribution in [2.24, 2.45) is 0 Å². The van der Waals surface area contributed by atoms with E-state index in [1.165, 1.54) is 0 Å². The molecule has 6 heteroatoms. The number of nitrogen functional groups attached to an aromatic ring is 1. The smallest absolute Gasteiger partial charge is 0.231 e. The first-order valence-electron chi connectivity index (χ1n) is 7.42. The first kappa shape index (κ1) is 14.4. The van der Waals surface area contributed by atoms with Gasteiger partial charge in [0.2, 0.25) is 6.79 Å². The lowest BCUT2D eigenvalue weighted by Crippen LogP contribution is -1.97. The van der Waals surface area contributed by atoms with Gasteiger partial charge in [0, 0.05) is 28.8 Å². The average molecular weight is 324 g/mol. The molecule has 0 amide bonds. The number of hydrogen-bond donors (Lipinski definition) is 1. The number of aromatic nitrogens is 1. The van der Waals surface area contributed by atoms with E-state index in [1.807, 2.05) is 30.3 Å². The molecule has 0 unspecified atom stereocenters. The van der Waals surface area contributed by atoms with E-state index in [0.29, 0.717) is 22.9 Å². The summed E-state index contributed by atoms with van der Waals surface area (Å²) in [5.74, 6) is 2.63. The van der Waals surface area contributed by atoms with Crippen LogP contribution in [0.1, 0.15) is 0 Å². The van der Waals surface area contributed by atoms with Crippen LogP contribution in [0.25, 0.3) is 22.2 Å². The quantitative estimate of drug-likeness (QED) is 0.746. The van der Waals surface area contributed by atoms with E-state index >= 15 is 0 Å². The molecule has 3 aromatic rings. The summed E-state index contributed by atoms with van der Waals surface area (Å²) in [6.07, 6.45) is 0. The number of anilines is 1. The molecule has 24 heavy (non-hydrogen) atoms. The lowest BCUT2D eigenvalue weighted by atomic mass is 10.1. The van der Waals surface area contributed by atoms with Gasteiger partial charge in [-0.3, -0.25) is 0 Å². The van der Waals surface area contributed by atoms with Crippen molar-refractivity contribution in [3.8, 4) is 34.3 Å². The van der Waals surface area contributed by atoms with E-state index in [0.717, 1.165) is 27.9 Å². The number of nitrogens with two attached hydrogens (primary N) is 1. The fourth-order valence-electron chi connectivity index (χ4n) is 2.78. The van der Waals surface area contributed by atoms with Crippen LogP contribution in [0.3, 0.4) is 0 Å². The van der Waals surface area contributed by atoms with Crippen molar-refractivity contribution in [2.75, 3.05) is 26.7 Å². The molecular weight excluding hydrogens is 308 g/mol. The van der Waals surface area contributed by atoms with Gasteiger partial charge in [-0.15, -0.1) is 0 Å². The minimum Gasteiger partial charge on any atom is -0.493 e. The number of benzene rings is 2.